The lowest BCUT2D eigenvalue weighted by molar-refractivity contribution is -0.0818. The molecule has 1 N–H and O–H groups in total. The molecule has 202 valence electrons. The molecule has 0 aliphatic heterocycles. The van der Waals surface area contributed by atoms with Crippen LogP contribution in [-0.2, 0) is 18.0 Å². The Balaban J connectivity index is 1.22. The van der Waals surface area contributed by atoms with E-state index in [0.717, 1.165) is 39.1 Å². The van der Waals surface area contributed by atoms with E-state index in [2.05, 4.69) is 42.5 Å². The zero-order valence-electron chi connectivity index (χ0n) is 22.4. The van der Waals surface area contributed by atoms with E-state index in [-0.39, 0.29) is 6.61 Å². The number of methoxy groups -OCH3 is 1. The number of ether oxygens (including phenoxy) is 4. The van der Waals surface area contributed by atoms with Gasteiger partial charge in [-0.1, -0.05) is 97.1 Å². The predicted octanol–water partition coefficient (Wildman–Crippen LogP) is 7.52. The molecule has 0 amide bonds. The zero-order valence-corrected chi connectivity index (χ0v) is 22.4. The number of aliphatic hydroxyl groups excluding tert-OH is 1. The highest BCUT2D eigenvalue weighted by Gasteiger charge is 2.13. The minimum atomic E-state index is -1.12. The molecule has 0 bridgehead atoms. The summed E-state index contributed by atoms with van der Waals surface area (Å²) in [6.45, 7) is 0.976. The summed E-state index contributed by atoms with van der Waals surface area (Å²) in [5.74, 6) is 1.81. The molecule has 1 unspecified atom stereocenters. The first kappa shape index (κ1) is 27.0. The summed E-state index contributed by atoms with van der Waals surface area (Å²) in [5.41, 5.74) is 6.38. The minimum Gasteiger partial charge on any atom is -0.493 e. The van der Waals surface area contributed by atoms with Gasteiger partial charge in [-0.05, 0) is 63.7 Å². The van der Waals surface area contributed by atoms with E-state index in [1.54, 1.807) is 13.2 Å². The maximum absolute atomic E-state index is 10.3. The van der Waals surface area contributed by atoms with Crippen LogP contribution in [0.25, 0.3) is 22.3 Å². The molecule has 0 aromatic heterocycles. The van der Waals surface area contributed by atoms with Crippen LogP contribution < -0.4 is 14.2 Å². The van der Waals surface area contributed by atoms with E-state index in [1.165, 1.54) is 0 Å². The molecule has 0 heterocycles. The molecule has 0 spiro atoms. The molecule has 1 atom stereocenters. The topological polar surface area (TPSA) is 57.2 Å². The fraction of sp³-hybridized carbons (Fsp3) is 0.143. The summed E-state index contributed by atoms with van der Waals surface area (Å²) in [4.78, 5) is 0. The number of aliphatic hydroxyl groups is 1. The molecule has 0 radical (unpaired) electrons. The summed E-state index contributed by atoms with van der Waals surface area (Å²) in [6, 6.07) is 42.0. The lowest BCUT2D eigenvalue weighted by Gasteiger charge is -2.17. The first-order chi connectivity index (χ1) is 19.7. The standard InChI is InChI=1S/C35H32O5/c1-37-34-22-31(17-20-33(34)40-35(36)25-38-23-26-9-4-2-5-10-26)30-14-8-13-29(21-30)28-15-18-32(19-16-28)39-24-27-11-6-3-7-12-27/h2-22,35-36H,23-25H2,1H3. The van der Waals surface area contributed by atoms with Crippen molar-refractivity contribution in [2.45, 2.75) is 19.5 Å². The third-order valence-corrected chi connectivity index (χ3v) is 6.43. The Labute approximate surface area is 235 Å². The number of hydrogen-bond donors (Lipinski definition) is 1. The zero-order chi connectivity index (χ0) is 27.6. The van der Waals surface area contributed by atoms with Crippen LogP contribution in [0.1, 0.15) is 11.1 Å². The van der Waals surface area contributed by atoms with E-state index >= 15 is 0 Å². The van der Waals surface area contributed by atoms with E-state index in [4.69, 9.17) is 18.9 Å². The number of rotatable bonds is 12. The molecule has 5 aromatic rings. The van der Waals surface area contributed by atoms with Gasteiger partial charge in [0.05, 0.1) is 13.7 Å². The van der Waals surface area contributed by atoms with Crippen molar-refractivity contribution in [3.63, 3.8) is 0 Å². The van der Waals surface area contributed by atoms with Gasteiger partial charge in [0.15, 0.2) is 11.5 Å². The molecule has 0 aliphatic carbocycles. The Kier molecular flexibility index (Phi) is 9.09. The molecule has 0 saturated carbocycles. The van der Waals surface area contributed by atoms with Crippen molar-refractivity contribution < 1.29 is 24.1 Å². The van der Waals surface area contributed by atoms with Crippen molar-refractivity contribution >= 4 is 0 Å². The third kappa shape index (κ3) is 7.29. The maximum atomic E-state index is 10.3. The average Bonchev–Trinajstić information content (AvgIpc) is 3.01. The summed E-state index contributed by atoms with van der Waals surface area (Å²) < 4.78 is 22.8. The highest BCUT2D eigenvalue weighted by atomic mass is 16.6. The van der Waals surface area contributed by atoms with Crippen molar-refractivity contribution in [1.82, 2.24) is 0 Å². The molecule has 40 heavy (non-hydrogen) atoms. The van der Waals surface area contributed by atoms with E-state index in [1.807, 2.05) is 78.9 Å². The lowest BCUT2D eigenvalue weighted by Crippen LogP contribution is -2.22. The van der Waals surface area contributed by atoms with E-state index in [0.29, 0.717) is 24.7 Å². The molecular weight excluding hydrogens is 500 g/mol. The van der Waals surface area contributed by atoms with Gasteiger partial charge in [0, 0.05) is 0 Å². The first-order valence-electron chi connectivity index (χ1n) is 13.2. The lowest BCUT2D eigenvalue weighted by atomic mass is 9.99. The second-order valence-electron chi connectivity index (χ2n) is 9.32. The van der Waals surface area contributed by atoms with Crippen LogP contribution in [0.15, 0.2) is 127 Å². The van der Waals surface area contributed by atoms with Crippen molar-refractivity contribution in [1.29, 1.82) is 0 Å². The Morgan fingerprint density at radius 2 is 1.18 bits per heavy atom. The fourth-order valence-electron chi connectivity index (χ4n) is 4.34. The SMILES string of the molecule is COc1cc(-c2cccc(-c3ccc(OCc4ccccc4)cc3)c2)ccc1OC(O)COCc1ccccc1. The minimum absolute atomic E-state index is 0.0396. The Morgan fingerprint density at radius 1 is 0.575 bits per heavy atom. The van der Waals surface area contributed by atoms with Crippen LogP contribution in [0.2, 0.25) is 0 Å². The molecule has 0 aliphatic rings. The Morgan fingerprint density at radius 3 is 1.85 bits per heavy atom. The second-order valence-corrected chi connectivity index (χ2v) is 9.32. The molecule has 5 rings (SSSR count). The summed E-state index contributed by atoms with van der Waals surface area (Å²) in [5, 5.41) is 10.3. The highest BCUT2D eigenvalue weighted by molar-refractivity contribution is 5.74. The van der Waals surface area contributed by atoms with Gasteiger partial charge in [0.2, 0.25) is 6.29 Å². The van der Waals surface area contributed by atoms with Crippen LogP contribution in [0, 0.1) is 0 Å². The Bertz CT molecular complexity index is 1480. The monoisotopic (exact) mass is 532 g/mol. The van der Waals surface area contributed by atoms with E-state index in [9.17, 15) is 5.11 Å². The largest absolute Gasteiger partial charge is 0.493 e. The van der Waals surface area contributed by atoms with Crippen molar-refractivity contribution in [2.75, 3.05) is 13.7 Å². The van der Waals surface area contributed by atoms with Gasteiger partial charge in [-0.25, -0.2) is 0 Å². The Hall–Kier alpha value is -4.58. The van der Waals surface area contributed by atoms with Crippen molar-refractivity contribution in [3.05, 3.63) is 139 Å². The van der Waals surface area contributed by atoms with Crippen LogP contribution >= 0.6 is 0 Å². The van der Waals surface area contributed by atoms with Crippen LogP contribution in [0.4, 0.5) is 0 Å². The third-order valence-electron chi connectivity index (χ3n) is 6.43. The summed E-state index contributed by atoms with van der Waals surface area (Å²) >= 11 is 0. The fourth-order valence-corrected chi connectivity index (χ4v) is 4.34. The summed E-state index contributed by atoms with van der Waals surface area (Å²) in [6.07, 6.45) is -1.12. The average molecular weight is 533 g/mol. The normalized spacial score (nSPS) is 11.6. The molecule has 0 saturated heterocycles. The van der Waals surface area contributed by atoms with Gasteiger partial charge in [0.25, 0.3) is 0 Å². The van der Waals surface area contributed by atoms with Crippen molar-refractivity contribution in [3.8, 4) is 39.5 Å². The van der Waals surface area contributed by atoms with Crippen LogP contribution in [0.3, 0.4) is 0 Å². The number of benzene rings is 5. The molecular formula is C35H32O5. The first-order valence-corrected chi connectivity index (χ1v) is 13.2. The van der Waals surface area contributed by atoms with Crippen molar-refractivity contribution in [2.24, 2.45) is 0 Å². The van der Waals surface area contributed by atoms with Gasteiger partial charge >= 0.3 is 0 Å². The molecule has 5 aromatic carbocycles. The highest BCUT2D eigenvalue weighted by Crippen LogP contribution is 2.34. The van der Waals surface area contributed by atoms with Crippen LogP contribution in [0.5, 0.6) is 17.2 Å². The quantitative estimate of drug-likeness (QED) is 0.168. The number of hydrogen-bond acceptors (Lipinski definition) is 5. The maximum Gasteiger partial charge on any atom is 0.221 e. The van der Waals surface area contributed by atoms with E-state index < -0.39 is 6.29 Å². The van der Waals surface area contributed by atoms with Gasteiger partial charge in [0.1, 0.15) is 19.0 Å². The second kappa shape index (κ2) is 13.5. The molecule has 0 fully saturated rings. The predicted molar refractivity (Wildman–Crippen MR) is 157 cm³/mol. The van der Waals surface area contributed by atoms with Gasteiger partial charge < -0.3 is 24.1 Å². The van der Waals surface area contributed by atoms with Gasteiger partial charge in [-0.15, -0.1) is 0 Å². The molecule has 5 nitrogen and oxygen atoms in total. The smallest absolute Gasteiger partial charge is 0.221 e. The molecule has 5 heteroatoms. The summed E-state index contributed by atoms with van der Waals surface area (Å²) in [7, 11) is 1.59. The van der Waals surface area contributed by atoms with Gasteiger partial charge in [-0.2, -0.15) is 0 Å². The van der Waals surface area contributed by atoms with Gasteiger partial charge in [-0.3, -0.25) is 0 Å². The van der Waals surface area contributed by atoms with Crippen LogP contribution in [-0.4, -0.2) is 25.1 Å².